The molecule has 368 valence electrons. The van der Waals surface area contributed by atoms with Crippen LogP contribution in [-0.4, -0.2) is 85.2 Å². The number of aryl methyl sites for hydroxylation is 3. The summed E-state index contributed by atoms with van der Waals surface area (Å²) in [6.45, 7) is 6.56. The zero-order valence-electron chi connectivity index (χ0n) is 39.5. The van der Waals surface area contributed by atoms with E-state index in [1.165, 1.54) is 25.7 Å². The molecule has 0 saturated heterocycles. The first-order valence-corrected chi connectivity index (χ1v) is 24.0. The van der Waals surface area contributed by atoms with Gasteiger partial charge in [0.2, 0.25) is 0 Å². The number of unbranched alkanes of at least 4 members (excludes halogenated alkanes) is 7. The van der Waals surface area contributed by atoms with Crippen LogP contribution in [0.25, 0.3) is 34.1 Å². The second kappa shape index (κ2) is 26.2. The fourth-order valence-corrected chi connectivity index (χ4v) is 7.54. The van der Waals surface area contributed by atoms with Crippen molar-refractivity contribution in [3.8, 4) is 28.5 Å². The normalized spacial score (nSPS) is 11.1. The number of H-pyrrole nitrogens is 2. The minimum absolute atomic E-state index is 0.0667. The fourth-order valence-electron chi connectivity index (χ4n) is 7.21. The van der Waals surface area contributed by atoms with E-state index in [0.717, 1.165) is 77.5 Å². The van der Waals surface area contributed by atoms with Gasteiger partial charge in [-0.2, -0.15) is 9.26 Å². The number of fused-ring (bicyclic) bond motifs is 2. The number of hydrogen-bond donors (Lipinski definition) is 4. The maximum atomic E-state index is 12.0. The molecule has 0 aliphatic rings. The Morgan fingerprint density at radius 3 is 1.81 bits per heavy atom. The standard InChI is InChI=1S/C30H38ClN5O4.C21H20ClN5O3/c1-23-28(31)30-33-29(35-36(30)34-23)24-16-18-25(19-17-24)32-21-38-22-40-27(37)15-11-6-4-2-3-5-7-12-20-39-26-13-9-8-10-14-26;1-13-6-3-4-9-17(13)21(28)30-12-29-11-23-16-8-5-7-15(10-16)19-24-20-18(22)14(2)25-27(20)26-19/h8-10,13-14,16-19,32,34H,2-7,11-12,15,20-22H2,1H3;3-10,23,25H,11-12H2,1-2H3. The quantitative estimate of drug-likeness (QED) is 0.0240. The molecular weight excluding hydrogens is 936 g/mol. The van der Waals surface area contributed by atoms with E-state index in [9.17, 15) is 9.59 Å². The van der Waals surface area contributed by atoms with Gasteiger partial charge in [-0.25, -0.2) is 14.8 Å². The third-order valence-corrected chi connectivity index (χ3v) is 12.0. The first-order chi connectivity index (χ1) is 34.1. The van der Waals surface area contributed by atoms with Crippen LogP contribution in [0.15, 0.2) is 103 Å². The predicted molar refractivity (Wildman–Crippen MR) is 270 cm³/mol. The summed E-state index contributed by atoms with van der Waals surface area (Å²) >= 11 is 12.5. The van der Waals surface area contributed by atoms with Crippen molar-refractivity contribution in [1.29, 1.82) is 0 Å². The number of esters is 2. The molecule has 0 aliphatic heterocycles. The number of carbonyl (C=O) groups is 2. The summed E-state index contributed by atoms with van der Waals surface area (Å²) in [6, 6.07) is 32.4. The first kappa shape index (κ1) is 50.9. The van der Waals surface area contributed by atoms with Gasteiger partial charge in [0.25, 0.3) is 0 Å². The third-order valence-electron chi connectivity index (χ3n) is 11.1. The van der Waals surface area contributed by atoms with E-state index in [-0.39, 0.29) is 33.0 Å². The Morgan fingerprint density at radius 2 is 1.17 bits per heavy atom. The van der Waals surface area contributed by atoms with Crippen LogP contribution in [-0.2, 0) is 23.7 Å². The Labute approximate surface area is 416 Å². The summed E-state index contributed by atoms with van der Waals surface area (Å²) < 4.78 is 29.9. The van der Waals surface area contributed by atoms with Gasteiger partial charge in [0, 0.05) is 28.9 Å². The number of carbonyl (C=O) groups excluding carboxylic acids is 2. The largest absolute Gasteiger partial charge is 0.494 e. The Bertz CT molecular complexity index is 2900. The molecule has 4 aromatic carbocycles. The van der Waals surface area contributed by atoms with E-state index < -0.39 is 5.97 Å². The summed E-state index contributed by atoms with van der Waals surface area (Å²) in [5.74, 6) is 1.45. The second-order valence-corrected chi connectivity index (χ2v) is 17.1. The number of aromatic nitrogens is 8. The van der Waals surface area contributed by atoms with Crippen LogP contribution >= 0.6 is 23.2 Å². The minimum Gasteiger partial charge on any atom is -0.494 e. The van der Waals surface area contributed by atoms with Crippen molar-refractivity contribution in [2.45, 2.75) is 78.6 Å². The van der Waals surface area contributed by atoms with Gasteiger partial charge in [-0.3, -0.25) is 15.0 Å². The molecule has 0 spiro atoms. The molecule has 70 heavy (non-hydrogen) atoms. The van der Waals surface area contributed by atoms with Gasteiger partial charge in [0.1, 0.15) is 29.3 Å². The number of nitrogens with zero attached hydrogens (tertiary/aromatic N) is 6. The maximum Gasteiger partial charge on any atom is 0.340 e. The van der Waals surface area contributed by atoms with Gasteiger partial charge in [-0.1, -0.05) is 110 Å². The minimum atomic E-state index is -0.412. The average molecular weight is 994 g/mol. The molecule has 4 aromatic heterocycles. The van der Waals surface area contributed by atoms with Crippen molar-refractivity contribution in [1.82, 2.24) is 39.6 Å². The lowest BCUT2D eigenvalue weighted by Gasteiger charge is -2.10. The first-order valence-electron chi connectivity index (χ1n) is 23.2. The Hall–Kier alpha value is -6.92. The van der Waals surface area contributed by atoms with Crippen molar-refractivity contribution in [3.63, 3.8) is 0 Å². The van der Waals surface area contributed by atoms with Crippen LogP contribution in [0.1, 0.15) is 85.1 Å². The number of anilines is 2. The zero-order valence-corrected chi connectivity index (χ0v) is 41.0. The van der Waals surface area contributed by atoms with Gasteiger partial charge < -0.3 is 34.3 Å². The van der Waals surface area contributed by atoms with Crippen molar-refractivity contribution in [2.75, 3.05) is 44.3 Å². The monoisotopic (exact) mass is 992 g/mol. The van der Waals surface area contributed by atoms with Crippen molar-refractivity contribution >= 4 is 57.8 Å². The molecule has 0 bridgehead atoms. The number of benzene rings is 4. The highest BCUT2D eigenvalue weighted by Crippen LogP contribution is 2.26. The summed E-state index contributed by atoms with van der Waals surface area (Å²) in [4.78, 5) is 32.9. The maximum absolute atomic E-state index is 12.0. The molecule has 0 aliphatic carbocycles. The summed E-state index contributed by atoms with van der Waals surface area (Å²) in [6.07, 6.45) is 9.40. The molecule has 8 rings (SSSR count). The molecule has 0 amide bonds. The lowest BCUT2D eigenvalue weighted by molar-refractivity contribution is -0.155. The number of aromatic amines is 2. The average Bonchev–Trinajstić information content (AvgIpc) is 4.12. The van der Waals surface area contributed by atoms with Crippen LogP contribution in [0.2, 0.25) is 10.0 Å². The van der Waals surface area contributed by atoms with Gasteiger partial charge in [0.15, 0.2) is 36.5 Å². The Morgan fingerprint density at radius 1 is 0.600 bits per heavy atom. The van der Waals surface area contributed by atoms with E-state index >= 15 is 0 Å². The highest BCUT2D eigenvalue weighted by Gasteiger charge is 2.15. The molecule has 0 unspecified atom stereocenters. The number of hydrogen-bond acceptors (Lipinski definition) is 13. The number of halogens is 2. The summed E-state index contributed by atoms with van der Waals surface area (Å²) in [5.41, 5.74) is 7.61. The molecular formula is C51H58Cl2N10O7. The lowest BCUT2D eigenvalue weighted by Crippen LogP contribution is -2.13. The van der Waals surface area contributed by atoms with Crippen LogP contribution in [0.3, 0.4) is 0 Å². The molecule has 0 radical (unpaired) electrons. The van der Waals surface area contributed by atoms with E-state index in [0.29, 0.717) is 45.0 Å². The molecule has 4 heterocycles. The predicted octanol–water partition coefficient (Wildman–Crippen LogP) is 11.4. The summed E-state index contributed by atoms with van der Waals surface area (Å²) in [5, 5.41) is 22.3. The van der Waals surface area contributed by atoms with Gasteiger partial charge >= 0.3 is 11.9 Å². The van der Waals surface area contributed by atoms with Crippen LogP contribution < -0.4 is 15.4 Å². The van der Waals surface area contributed by atoms with E-state index in [1.54, 1.807) is 21.4 Å². The second-order valence-electron chi connectivity index (χ2n) is 16.4. The van der Waals surface area contributed by atoms with E-state index in [1.807, 2.05) is 112 Å². The highest BCUT2D eigenvalue weighted by molar-refractivity contribution is 6.34. The van der Waals surface area contributed by atoms with E-state index in [4.69, 9.17) is 46.9 Å². The zero-order chi connectivity index (χ0) is 49.1. The Kier molecular flexibility index (Phi) is 19.0. The SMILES string of the molecule is Cc1[nH]n2nc(-c3ccc(NCOCOC(=O)CCCCCCCCCCOc4ccccc4)cc3)nc2c1Cl.Cc1ccccc1C(=O)OCOCNc1cccc(-c2nc3c(Cl)c(C)[nH]n3n2)c1. The molecule has 8 aromatic rings. The molecule has 0 atom stereocenters. The smallest absolute Gasteiger partial charge is 0.340 e. The van der Waals surface area contributed by atoms with Gasteiger partial charge in [-0.05, 0) is 93.8 Å². The number of para-hydroxylation sites is 1. The molecule has 0 saturated carbocycles. The van der Waals surface area contributed by atoms with Crippen LogP contribution in [0, 0.1) is 20.8 Å². The van der Waals surface area contributed by atoms with Crippen molar-refractivity contribution in [3.05, 3.63) is 136 Å². The highest BCUT2D eigenvalue weighted by atomic mass is 35.5. The van der Waals surface area contributed by atoms with Gasteiger partial charge in [-0.15, -0.1) is 10.2 Å². The molecule has 17 nitrogen and oxygen atoms in total. The Balaban J connectivity index is 0.000000215. The summed E-state index contributed by atoms with van der Waals surface area (Å²) in [7, 11) is 0. The third kappa shape index (κ3) is 14.8. The van der Waals surface area contributed by atoms with E-state index in [2.05, 4.69) is 41.0 Å². The number of nitrogens with one attached hydrogen (secondary N) is 4. The van der Waals surface area contributed by atoms with Crippen LogP contribution in [0.5, 0.6) is 5.75 Å². The number of rotatable bonds is 25. The topological polar surface area (TPSA) is 196 Å². The van der Waals surface area contributed by atoms with Gasteiger partial charge in [0.05, 0.1) is 23.6 Å². The molecule has 0 fully saturated rings. The number of ether oxygens (including phenoxy) is 5. The fraction of sp³-hybridized carbons (Fsp3) is 0.333. The van der Waals surface area contributed by atoms with Crippen LogP contribution in [0.4, 0.5) is 11.4 Å². The molecule has 19 heteroatoms. The van der Waals surface area contributed by atoms with Crippen molar-refractivity contribution < 1.29 is 33.3 Å². The lowest BCUT2D eigenvalue weighted by atomic mass is 10.1. The molecule has 4 N–H and O–H groups in total. The van der Waals surface area contributed by atoms with Crippen molar-refractivity contribution in [2.24, 2.45) is 0 Å².